The zero-order valence-electron chi connectivity index (χ0n) is 27.0. The molecule has 0 amide bonds. The summed E-state index contributed by atoms with van der Waals surface area (Å²) >= 11 is 1.84. The first-order chi connectivity index (χ1) is 24.8. The smallest absolute Gasteiger partial charge is 0.137 e. The molecule has 0 saturated heterocycles. The number of fused-ring (bicyclic) bond motifs is 7. The number of rotatable bonds is 6. The van der Waals surface area contributed by atoms with Crippen LogP contribution in [0.25, 0.3) is 52.9 Å². The third kappa shape index (κ3) is 4.73. The van der Waals surface area contributed by atoms with Crippen LogP contribution in [0.15, 0.2) is 186 Å². The Morgan fingerprint density at radius 3 is 1.82 bits per heavy atom. The maximum atomic E-state index is 6.63. The van der Waals surface area contributed by atoms with Gasteiger partial charge in [0.25, 0.3) is 0 Å². The summed E-state index contributed by atoms with van der Waals surface area (Å²) in [5.41, 5.74) is 8.31. The number of anilines is 6. The Labute approximate surface area is 293 Å². The van der Waals surface area contributed by atoms with Crippen molar-refractivity contribution in [2.75, 3.05) is 9.80 Å². The average molecular weight is 659 g/mol. The molecule has 2 heterocycles. The van der Waals surface area contributed by atoms with Crippen molar-refractivity contribution in [1.29, 1.82) is 0 Å². The minimum atomic E-state index is 0.855. The Morgan fingerprint density at radius 2 is 1.00 bits per heavy atom. The molecule has 0 N–H and O–H groups in total. The van der Waals surface area contributed by atoms with Crippen LogP contribution >= 0.6 is 11.3 Å². The maximum Gasteiger partial charge on any atom is 0.137 e. The molecule has 0 aliphatic rings. The Bertz CT molecular complexity index is 2800. The van der Waals surface area contributed by atoms with Crippen LogP contribution in [0.3, 0.4) is 0 Å². The van der Waals surface area contributed by atoms with Gasteiger partial charge in [0.05, 0.1) is 5.69 Å². The summed E-state index contributed by atoms with van der Waals surface area (Å²) in [6.07, 6.45) is 0. The molecule has 8 aromatic carbocycles. The molecule has 4 heteroatoms. The zero-order valence-corrected chi connectivity index (χ0v) is 27.8. The van der Waals surface area contributed by atoms with E-state index in [1.54, 1.807) is 0 Å². The van der Waals surface area contributed by atoms with Gasteiger partial charge in [0.2, 0.25) is 0 Å². The van der Waals surface area contributed by atoms with Crippen LogP contribution in [0, 0.1) is 0 Å². The van der Waals surface area contributed by atoms with Gasteiger partial charge in [-0.15, -0.1) is 11.3 Å². The van der Waals surface area contributed by atoms with Gasteiger partial charge in [-0.2, -0.15) is 0 Å². The number of hydrogen-bond acceptors (Lipinski definition) is 4. The van der Waals surface area contributed by atoms with E-state index in [1.807, 2.05) is 11.3 Å². The lowest BCUT2D eigenvalue weighted by atomic mass is 10.1. The maximum absolute atomic E-state index is 6.63. The summed E-state index contributed by atoms with van der Waals surface area (Å²) in [5.74, 6) is 0. The van der Waals surface area contributed by atoms with E-state index in [4.69, 9.17) is 4.42 Å². The molecule has 0 fully saturated rings. The van der Waals surface area contributed by atoms with Crippen LogP contribution in [0.4, 0.5) is 34.1 Å². The van der Waals surface area contributed by atoms with Gasteiger partial charge in [0.15, 0.2) is 0 Å². The van der Waals surface area contributed by atoms with Crippen LogP contribution in [0.5, 0.6) is 0 Å². The molecule has 0 aliphatic carbocycles. The molecule has 10 aromatic rings. The first-order valence-electron chi connectivity index (χ1n) is 16.8. The van der Waals surface area contributed by atoms with Gasteiger partial charge in [-0.1, -0.05) is 91.0 Å². The van der Waals surface area contributed by atoms with Crippen molar-refractivity contribution in [2.45, 2.75) is 0 Å². The monoisotopic (exact) mass is 658 g/mol. The fourth-order valence-electron chi connectivity index (χ4n) is 7.32. The standard InChI is InChI=1S/C46H30N2OS/c1-3-14-33(15-4-1)47(34-16-5-2-6-17-34)36-25-27-42-40(29-36)38-26-24-37(30-43(38)49-42)48(35-23-22-31-12-7-8-13-32(31)28-35)41-19-11-21-45-46(41)39-18-9-10-20-44(39)50-45/h1-30H. The summed E-state index contributed by atoms with van der Waals surface area (Å²) < 4.78 is 9.19. The Kier molecular flexibility index (Phi) is 6.68. The summed E-state index contributed by atoms with van der Waals surface area (Å²) in [4.78, 5) is 4.68. The zero-order chi connectivity index (χ0) is 33.0. The lowest BCUT2D eigenvalue weighted by molar-refractivity contribution is 0.669. The van der Waals surface area contributed by atoms with E-state index in [0.29, 0.717) is 0 Å². The SMILES string of the molecule is c1ccc(N(c2ccccc2)c2ccc3oc4cc(N(c5ccc6ccccc6c5)c5cccc6sc7ccccc7c56)ccc4c3c2)cc1. The van der Waals surface area contributed by atoms with E-state index in [9.17, 15) is 0 Å². The van der Waals surface area contributed by atoms with Gasteiger partial charge >= 0.3 is 0 Å². The first-order valence-corrected chi connectivity index (χ1v) is 17.7. The van der Waals surface area contributed by atoms with Crippen molar-refractivity contribution >= 4 is 98.3 Å². The summed E-state index contributed by atoms with van der Waals surface area (Å²) in [6.45, 7) is 0. The molecule has 0 saturated carbocycles. The topological polar surface area (TPSA) is 19.6 Å². The van der Waals surface area contributed by atoms with Gasteiger partial charge < -0.3 is 14.2 Å². The molecule has 3 nitrogen and oxygen atoms in total. The highest BCUT2D eigenvalue weighted by Crippen LogP contribution is 2.46. The van der Waals surface area contributed by atoms with Crippen LogP contribution in [0.1, 0.15) is 0 Å². The summed E-state index contributed by atoms with van der Waals surface area (Å²) in [6, 6.07) is 64.8. The van der Waals surface area contributed by atoms with Crippen molar-refractivity contribution in [2.24, 2.45) is 0 Å². The third-order valence-electron chi connectivity index (χ3n) is 9.60. The number of thiophene rings is 1. The largest absolute Gasteiger partial charge is 0.456 e. The highest BCUT2D eigenvalue weighted by molar-refractivity contribution is 7.26. The van der Waals surface area contributed by atoms with Crippen LogP contribution in [0.2, 0.25) is 0 Å². The minimum Gasteiger partial charge on any atom is -0.456 e. The Morgan fingerprint density at radius 1 is 0.360 bits per heavy atom. The lowest BCUT2D eigenvalue weighted by Gasteiger charge is -2.27. The number of para-hydroxylation sites is 2. The Balaban J connectivity index is 1.16. The van der Waals surface area contributed by atoms with E-state index < -0.39 is 0 Å². The second kappa shape index (κ2) is 11.7. The molecule has 2 aromatic heterocycles. The molecular formula is C46H30N2OS. The Hall–Kier alpha value is -6.36. The van der Waals surface area contributed by atoms with Gasteiger partial charge in [-0.05, 0) is 95.7 Å². The molecule has 50 heavy (non-hydrogen) atoms. The summed E-state index contributed by atoms with van der Waals surface area (Å²) in [5, 5.41) is 7.13. The average Bonchev–Trinajstić information content (AvgIpc) is 3.74. The van der Waals surface area contributed by atoms with E-state index >= 15 is 0 Å². The molecular weight excluding hydrogens is 629 g/mol. The lowest BCUT2D eigenvalue weighted by Crippen LogP contribution is -2.10. The van der Waals surface area contributed by atoms with Crippen molar-refractivity contribution in [3.05, 3.63) is 182 Å². The van der Waals surface area contributed by atoms with Gasteiger partial charge in [-0.25, -0.2) is 0 Å². The van der Waals surface area contributed by atoms with Crippen molar-refractivity contribution in [3.63, 3.8) is 0 Å². The van der Waals surface area contributed by atoms with Gasteiger partial charge in [-0.3, -0.25) is 0 Å². The van der Waals surface area contributed by atoms with Crippen LogP contribution < -0.4 is 9.80 Å². The molecule has 10 rings (SSSR count). The molecule has 0 spiro atoms. The molecule has 0 unspecified atom stereocenters. The molecule has 0 bridgehead atoms. The van der Waals surface area contributed by atoms with Crippen molar-refractivity contribution in [1.82, 2.24) is 0 Å². The second-order valence-corrected chi connectivity index (χ2v) is 13.7. The van der Waals surface area contributed by atoms with Gasteiger partial charge in [0.1, 0.15) is 11.2 Å². The van der Waals surface area contributed by atoms with E-state index in [1.165, 1.54) is 30.9 Å². The molecule has 0 radical (unpaired) electrons. The predicted molar refractivity (Wildman–Crippen MR) is 213 cm³/mol. The normalized spacial score (nSPS) is 11.6. The number of furan rings is 1. The van der Waals surface area contributed by atoms with E-state index in [-0.39, 0.29) is 0 Å². The van der Waals surface area contributed by atoms with Gasteiger partial charge in [0, 0.05) is 65.4 Å². The number of benzene rings is 8. The molecule has 236 valence electrons. The second-order valence-electron chi connectivity index (χ2n) is 12.6. The fraction of sp³-hybridized carbons (Fsp3) is 0. The number of nitrogens with zero attached hydrogens (tertiary/aromatic N) is 2. The van der Waals surface area contributed by atoms with Crippen LogP contribution in [-0.2, 0) is 0 Å². The number of hydrogen-bond donors (Lipinski definition) is 0. The predicted octanol–water partition coefficient (Wildman–Crippen LogP) is 14.0. The van der Waals surface area contributed by atoms with E-state index in [0.717, 1.165) is 56.1 Å². The van der Waals surface area contributed by atoms with Crippen molar-refractivity contribution < 1.29 is 4.42 Å². The molecule has 0 atom stereocenters. The van der Waals surface area contributed by atoms with Crippen molar-refractivity contribution in [3.8, 4) is 0 Å². The quantitative estimate of drug-likeness (QED) is 0.177. The van der Waals surface area contributed by atoms with E-state index in [2.05, 4.69) is 192 Å². The first kappa shape index (κ1) is 28.6. The molecule has 0 aliphatic heterocycles. The van der Waals surface area contributed by atoms with Crippen LogP contribution in [-0.4, -0.2) is 0 Å². The minimum absolute atomic E-state index is 0.855. The fourth-order valence-corrected chi connectivity index (χ4v) is 8.45. The highest BCUT2D eigenvalue weighted by atomic mass is 32.1. The summed E-state index contributed by atoms with van der Waals surface area (Å²) in [7, 11) is 0. The highest BCUT2D eigenvalue weighted by Gasteiger charge is 2.21. The third-order valence-corrected chi connectivity index (χ3v) is 10.7.